The maximum absolute atomic E-state index is 14.2. The van der Waals surface area contributed by atoms with Gasteiger partial charge in [0, 0.05) is 12.0 Å². The van der Waals surface area contributed by atoms with Gasteiger partial charge in [-0.15, -0.1) is 0 Å². The molecule has 1 nitrogen and oxygen atoms in total. The molecule has 1 saturated carbocycles. The number of ether oxygens (including phenoxy) is 1. The number of alkyl halides is 1. The van der Waals surface area contributed by atoms with Gasteiger partial charge in [0.25, 0.3) is 0 Å². The minimum atomic E-state index is -0.906. The van der Waals surface area contributed by atoms with E-state index in [1.165, 1.54) is 5.56 Å². The smallest absolute Gasteiger partial charge is 0.118 e. The minimum Gasteiger partial charge on any atom is -0.504 e. The normalized spacial score (nSPS) is 21.8. The van der Waals surface area contributed by atoms with Crippen molar-refractivity contribution >= 4 is 0 Å². The highest BCUT2D eigenvalue weighted by molar-refractivity contribution is 5.64. The molecular weight excluding hydrogens is 299 g/mol. The number of methoxy groups -OCH3 is 1. The van der Waals surface area contributed by atoms with Crippen LogP contribution in [0.5, 0.6) is 0 Å². The predicted octanol–water partition coefficient (Wildman–Crippen LogP) is 5.37. The number of hydrogen-bond acceptors (Lipinski definition) is 1. The highest BCUT2D eigenvalue weighted by Gasteiger charge is 2.25. The Morgan fingerprint density at radius 3 is 2.42 bits per heavy atom. The maximum atomic E-state index is 14.2. The summed E-state index contributed by atoms with van der Waals surface area (Å²) in [5.74, 6) is 6.06. The van der Waals surface area contributed by atoms with E-state index in [1.807, 2.05) is 30.3 Å². The number of benzene rings is 2. The van der Waals surface area contributed by atoms with Gasteiger partial charge in [-0.05, 0) is 41.7 Å². The van der Waals surface area contributed by atoms with Crippen LogP contribution >= 0.6 is 0 Å². The first-order valence-corrected chi connectivity index (χ1v) is 8.28. The lowest BCUT2D eigenvalue weighted by atomic mass is 9.85. The summed E-state index contributed by atoms with van der Waals surface area (Å²) in [6, 6.07) is 18.4. The Morgan fingerprint density at radius 2 is 1.75 bits per heavy atom. The van der Waals surface area contributed by atoms with Crippen molar-refractivity contribution in [1.29, 1.82) is 0 Å². The molecule has 2 unspecified atom stereocenters. The highest BCUT2D eigenvalue weighted by Crippen LogP contribution is 2.30. The topological polar surface area (TPSA) is 9.23 Å². The van der Waals surface area contributed by atoms with Gasteiger partial charge in [0.05, 0.1) is 19.3 Å². The summed E-state index contributed by atoms with van der Waals surface area (Å²) in [7, 11) is 1.60. The predicted molar refractivity (Wildman–Crippen MR) is 96.1 cm³/mol. The third kappa shape index (κ3) is 4.06. The lowest BCUT2D eigenvalue weighted by molar-refractivity contribution is 0.228. The molecule has 0 spiro atoms. The van der Waals surface area contributed by atoms with Gasteiger partial charge in [-0.1, -0.05) is 54.3 Å². The Balaban J connectivity index is 1.67. The fourth-order valence-corrected chi connectivity index (χ4v) is 3.01. The standard InChI is InChI=1S/C22H21FO/c1-24-16-18-10-14-21(22(23)15-18)13-9-17-7-11-20(12-8-17)19-5-3-2-4-6-19/h2-8,11-12,16,21-22H,10,14-15H2,1H3/b18-16-. The number of allylic oxidation sites excluding steroid dienone is 1. The average Bonchev–Trinajstić information content (AvgIpc) is 2.62. The largest absolute Gasteiger partial charge is 0.504 e. The van der Waals surface area contributed by atoms with Crippen LogP contribution in [0.4, 0.5) is 4.39 Å². The molecule has 0 radical (unpaired) electrons. The van der Waals surface area contributed by atoms with Gasteiger partial charge in [-0.3, -0.25) is 0 Å². The van der Waals surface area contributed by atoms with Gasteiger partial charge < -0.3 is 4.74 Å². The van der Waals surface area contributed by atoms with Crippen molar-refractivity contribution in [1.82, 2.24) is 0 Å². The highest BCUT2D eigenvalue weighted by atomic mass is 19.1. The molecule has 2 aromatic rings. The Morgan fingerprint density at radius 1 is 1.04 bits per heavy atom. The van der Waals surface area contributed by atoms with Crippen LogP contribution in [-0.4, -0.2) is 13.3 Å². The zero-order chi connectivity index (χ0) is 16.8. The van der Waals surface area contributed by atoms with Gasteiger partial charge in [0.15, 0.2) is 0 Å². The fraction of sp³-hybridized carbons (Fsp3) is 0.273. The molecule has 24 heavy (non-hydrogen) atoms. The van der Waals surface area contributed by atoms with Crippen molar-refractivity contribution in [2.75, 3.05) is 7.11 Å². The van der Waals surface area contributed by atoms with E-state index in [0.717, 1.165) is 29.5 Å². The van der Waals surface area contributed by atoms with Crippen LogP contribution in [0.1, 0.15) is 24.8 Å². The van der Waals surface area contributed by atoms with Crippen LogP contribution < -0.4 is 0 Å². The number of hydrogen-bond donors (Lipinski definition) is 0. The molecule has 2 atom stereocenters. The van der Waals surface area contributed by atoms with Crippen molar-refractivity contribution in [2.24, 2.45) is 5.92 Å². The zero-order valence-corrected chi connectivity index (χ0v) is 13.8. The monoisotopic (exact) mass is 320 g/mol. The molecular formula is C22H21FO. The molecule has 0 amide bonds. The SMILES string of the molecule is CO/C=C1/CCC(C#Cc2ccc(-c3ccccc3)cc2)C(F)C1. The first-order valence-electron chi connectivity index (χ1n) is 8.28. The number of rotatable bonds is 2. The van der Waals surface area contributed by atoms with Gasteiger partial charge >= 0.3 is 0 Å². The molecule has 0 saturated heterocycles. The lowest BCUT2D eigenvalue weighted by Gasteiger charge is -2.23. The summed E-state index contributed by atoms with van der Waals surface area (Å²) in [4.78, 5) is 0. The second-order valence-corrected chi connectivity index (χ2v) is 6.09. The van der Waals surface area contributed by atoms with Crippen molar-refractivity contribution < 1.29 is 9.13 Å². The van der Waals surface area contributed by atoms with Crippen molar-refractivity contribution in [3.05, 3.63) is 72.0 Å². The van der Waals surface area contributed by atoms with Crippen molar-refractivity contribution in [3.8, 4) is 23.0 Å². The van der Waals surface area contributed by atoms with E-state index >= 15 is 0 Å². The Kier molecular flexibility index (Phi) is 5.33. The first-order chi connectivity index (χ1) is 11.8. The van der Waals surface area contributed by atoms with Crippen LogP contribution in [0, 0.1) is 17.8 Å². The van der Waals surface area contributed by atoms with E-state index in [2.05, 4.69) is 36.1 Å². The third-order valence-corrected chi connectivity index (χ3v) is 4.35. The molecule has 2 aromatic carbocycles. The lowest BCUT2D eigenvalue weighted by Crippen LogP contribution is -2.20. The van der Waals surface area contributed by atoms with Gasteiger partial charge in [-0.25, -0.2) is 4.39 Å². The van der Waals surface area contributed by atoms with Crippen LogP contribution in [0.2, 0.25) is 0 Å². The number of halogens is 1. The van der Waals surface area contributed by atoms with Gasteiger partial charge in [0.2, 0.25) is 0 Å². The van der Waals surface area contributed by atoms with Crippen molar-refractivity contribution in [2.45, 2.75) is 25.4 Å². The van der Waals surface area contributed by atoms with Gasteiger partial charge in [-0.2, -0.15) is 0 Å². The average molecular weight is 320 g/mol. The van der Waals surface area contributed by atoms with E-state index in [4.69, 9.17) is 4.74 Å². The van der Waals surface area contributed by atoms with E-state index < -0.39 is 6.17 Å². The summed E-state index contributed by atoms with van der Waals surface area (Å²) in [6.45, 7) is 0. The second kappa shape index (κ2) is 7.84. The Bertz CT molecular complexity index is 750. The Labute approximate surface area is 143 Å². The summed E-state index contributed by atoms with van der Waals surface area (Å²) in [6.07, 6.45) is 2.81. The van der Waals surface area contributed by atoms with Crippen LogP contribution in [0.15, 0.2) is 66.4 Å². The molecule has 0 N–H and O–H groups in total. The summed E-state index contributed by atoms with van der Waals surface area (Å²) >= 11 is 0. The van der Waals surface area contributed by atoms with E-state index in [-0.39, 0.29) is 5.92 Å². The van der Waals surface area contributed by atoms with E-state index in [0.29, 0.717) is 6.42 Å². The molecule has 0 heterocycles. The molecule has 0 aromatic heterocycles. The molecule has 122 valence electrons. The fourth-order valence-electron chi connectivity index (χ4n) is 3.01. The zero-order valence-electron chi connectivity index (χ0n) is 13.8. The van der Waals surface area contributed by atoms with Crippen LogP contribution in [-0.2, 0) is 4.74 Å². The summed E-state index contributed by atoms with van der Waals surface area (Å²) in [5, 5.41) is 0. The van der Waals surface area contributed by atoms with E-state index in [1.54, 1.807) is 13.4 Å². The summed E-state index contributed by atoms with van der Waals surface area (Å²) < 4.78 is 19.2. The van der Waals surface area contributed by atoms with Crippen molar-refractivity contribution in [3.63, 3.8) is 0 Å². The second-order valence-electron chi connectivity index (χ2n) is 6.09. The minimum absolute atomic E-state index is 0.187. The third-order valence-electron chi connectivity index (χ3n) is 4.35. The first kappa shape index (κ1) is 16.3. The quantitative estimate of drug-likeness (QED) is 0.533. The Hall–Kier alpha value is -2.53. The van der Waals surface area contributed by atoms with Crippen LogP contribution in [0.3, 0.4) is 0 Å². The van der Waals surface area contributed by atoms with Crippen LogP contribution in [0.25, 0.3) is 11.1 Å². The molecule has 1 aliphatic carbocycles. The molecule has 0 bridgehead atoms. The molecule has 3 rings (SSSR count). The molecule has 1 fully saturated rings. The molecule has 1 aliphatic rings. The van der Waals surface area contributed by atoms with Gasteiger partial charge in [0.1, 0.15) is 6.17 Å². The molecule has 0 aliphatic heterocycles. The summed E-state index contributed by atoms with van der Waals surface area (Å²) in [5.41, 5.74) is 4.32. The van der Waals surface area contributed by atoms with E-state index in [9.17, 15) is 4.39 Å². The molecule has 2 heteroatoms. The maximum Gasteiger partial charge on any atom is 0.118 e.